The highest BCUT2D eigenvalue weighted by Crippen LogP contribution is 2.37. The van der Waals surface area contributed by atoms with Gasteiger partial charge in [-0.3, -0.25) is 4.79 Å². The molecule has 2 heterocycles. The number of hydrogen-bond acceptors (Lipinski definition) is 5. The van der Waals surface area contributed by atoms with Crippen molar-refractivity contribution < 1.29 is 9.53 Å². The highest BCUT2D eigenvalue weighted by molar-refractivity contribution is 7.99. The van der Waals surface area contributed by atoms with E-state index in [-0.39, 0.29) is 5.97 Å². The molecule has 1 aliphatic carbocycles. The van der Waals surface area contributed by atoms with Crippen molar-refractivity contribution in [1.29, 1.82) is 0 Å². The van der Waals surface area contributed by atoms with Gasteiger partial charge in [0.05, 0.1) is 29.8 Å². The van der Waals surface area contributed by atoms with E-state index in [9.17, 15) is 4.79 Å². The third kappa shape index (κ3) is 4.34. The van der Waals surface area contributed by atoms with E-state index in [2.05, 4.69) is 12.1 Å². The molecule has 0 bridgehead atoms. The predicted molar refractivity (Wildman–Crippen MR) is 107 cm³/mol. The highest BCUT2D eigenvalue weighted by atomic mass is 32.2. The van der Waals surface area contributed by atoms with Crippen LogP contribution in [0, 0.1) is 0 Å². The maximum atomic E-state index is 11.4. The van der Waals surface area contributed by atoms with Gasteiger partial charge in [-0.15, -0.1) is 11.8 Å². The lowest BCUT2D eigenvalue weighted by molar-refractivity contribution is -0.139. The summed E-state index contributed by atoms with van der Waals surface area (Å²) >= 11 is 1.91. The number of esters is 1. The minimum absolute atomic E-state index is 0.203. The van der Waals surface area contributed by atoms with Crippen molar-refractivity contribution >= 4 is 17.7 Å². The maximum Gasteiger partial charge on any atom is 0.309 e. The Morgan fingerprint density at radius 3 is 2.59 bits per heavy atom. The Morgan fingerprint density at radius 2 is 1.85 bits per heavy atom. The predicted octanol–water partition coefficient (Wildman–Crippen LogP) is 4.48. The lowest BCUT2D eigenvalue weighted by Gasteiger charge is -2.20. The third-order valence-electron chi connectivity index (χ3n) is 5.52. The van der Waals surface area contributed by atoms with Crippen molar-refractivity contribution in [2.75, 3.05) is 12.9 Å². The number of rotatable bonds is 5. The first-order valence-electron chi connectivity index (χ1n) is 9.90. The fourth-order valence-corrected chi connectivity index (χ4v) is 5.10. The number of thioether (sulfide) groups is 1. The van der Waals surface area contributed by atoms with Gasteiger partial charge in [0.25, 0.3) is 0 Å². The molecule has 1 aromatic carbocycles. The molecule has 4 rings (SSSR count). The molecule has 1 saturated carbocycles. The number of aromatic nitrogens is 2. The number of nitrogens with zero attached hydrogens (tertiary/aromatic N) is 2. The first kappa shape index (κ1) is 18.5. The normalized spacial score (nSPS) is 16.9. The van der Waals surface area contributed by atoms with Gasteiger partial charge in [-0.1, -0.05) is 37.1 Å². The summed E-state index contributed by atoms with van der Waals surface area (Å²) in [5.74, 6) is 2.57. The number of fused-ring (bicyclic) bond motifs is 1. The zero-order valence-corrected chi connectivity index (χ0v) is 16.7. The number of methoxy groups -OCH3 is 1. The van der Waals surface area contributed by atoms with Gasteiger partial charge >= 0.3 is 5.97 Å². The van der Waals surface area contributed by atoms with Crippen LogP contribution in [-0.4, -0.2) is 28.8 Å². The van der Waals surface area contributed by atoms with Gasteiger partial charge in [-0.25, -0.2) is 9.97 Å². The molecule has 27 heavy (non-hydrogen) atoms. The molecule has 4 nitrogen and oxygen atoms in total. The Hall–Kier alpha value is -1.88. The van der Waals surface area contributed by atoms with E-state index in [1.165, 1.54) is 61.1 Å². The summed E-state index contributed by atoms with van der Waals surface area (Å²) in [6, 6.07) is 8.25. The second-order valence-corrected chi connectivity index (χ2v) is 8.59. The number of carbonyl (C=O) groups is 1. The van der Waals surface area contributed by atoms with Crippen LogP contribution in [0.3, 0.4) is 0 Å². The second kappa shape index (κ2) is 8.42. The lowest BCUT2D eigenvalue weighted by atomic mass is 10.0. The molecule has 0 atom stereocenters. The molecule has 1 aromatic heterocycles. The molecule has 142 valence electrons. The monoisotopic (exact) mass is 382 g/mol. The topological polar surface area (TPSA) is 52.1 Å². The molecular formula is C22H26N2O2S. The van der Waals surface area contributed by atoms with E-state index in [1.807, 2.05) is 23.9 Å². The van der Waals surface area contributed by atoms with E-state index in [4.69, 9.17) is 14.7 Å². The molecule has 5 heteroatoms. The first-order valence-corrected chi connectivity index (χ1v) is 10.9. The van der Waals surface area contributed by atoms with Crippen molar-refractivity contribution in [3.05, 3.63) is 52.6 Å². The zero-order valence-electron chi connectivity index (χ0n) is 15.9. The van der Waals surface area contributed by atoms with E-state index in [0.717, 1.165) is 30.0 Å². The molecular weight excluding hydrogens is 356 g/mol. The molecule has 0 spiro atoms. The fourth-order valence-electron chi connectivity index (χ4n) is 4.01. The lowest BCUT2D eigenvalue weighted by Crippen LogP contribution is -2.13. The minimum atomic E-state index is -0.203. The number of carbonyl (C=O) groups excluding carboxylic acids is 1. The van der Waals surface area contributed by atoms with E-state index < -0.39 is 0 Å². The molecule has 1 aliphatic heterocycles. The average molecular weight is 383 g/mol. The fraction of sp³-hybridized carbons (Fsp3) is 0.500. The van der Waals surface area contributed by atoms with Crippen LogP contribution in [0.4, 0.5) is 0 Å². The summed E-state index contributed by atoms with van der Waals surface area (Å²) in [7, 11) is 1.43. The molecule has 0 saturated heterocycles. The maximum absolute atomic E-state index is 11.4. The number of ether oxygens (including phenoxy) is 1. The molecule has 0 amide bonds. The Balaban J connectivity index is 1.58. The first-order chi connectivity index (χ1) is 13.2. The summed E-state index contributed by atoms with van der Waals surface area (Å²) in [6.07, 6.45) is 8.50. The molecule has 2 aromatic rings. The standard InChI is InChI=1S/C22H26N2O2S/c1-26-20(25)14-16-10-8-15(9-11-16)13-19-21-18(7-4-12-27-21)23-22(24-19)17-5-2-3-6-17/h8-11,17H,2-7,12-14H2,1H3. The van der Waals surface area contributed by atoms with E-state index >= 15 is 0 Å². The average Bonchev–Trinajstić information content (AvgIpc) is 3.24. The molecule has 0 N–H and O–H groups in total. The quantitative estimate of drug-likeness (QED) is 0.714. The minimum Gasteiger partial charge on any atom is -0.469 e. The third-order valence-corrected chi connectivity index (χ3v) is 6.77. The second-order valence-electron chi connectivity index (χ2n) is 7.48. The van der Waals surface area contributed by atoms with Crippen molar-refractivity contribution in [3.63, 3.8) is 0 Å². The zero-order chi connectivity index (χ0) is 18.6. The molecule has 0 unspecified atom stereocenters. The van der Waals surface area contributed by atoms with Crippen LogP contribution in [0.1, 0.15) is 66.4 Å². The number of aryl methyl sites for hydroxylation is 1. The van der Waals surface area contributed by atoms with Crippen LogP contribution in [0.2, 0.25) is 0 Å². The summed E-state index contributed by atoms with van der Waals surface area (Å²) in [6.45, 7) is 0. The Morgan fingerprint density at radius 1 is 1.11 bits per heavy atom. The van der Waals surface area contributed by atoms with Crippen LogP contribution in [0.15, 0.2) is 29.2 Å². The van der Waals surface area contributed by atoms with Crippen LogP contribution in [-0.2, 0) is 28.8 Å². The highest BCUT2D eigenvalue weighted by Gasteiger charge is 2.24. The summed E-state index contributed by atoms with van der Waals surface area (Å²) in [4.78, 5) is 22.8. The van der Waals surface area contributed by atoms with E-state index in [0.29, 0.717) is 12.3 Å². The van der Waals surface area contributed by atoms with E-state index in [1.54, 1.807) is 0 Å². The van der Waals surface area contributed by atoms with Gasteiger partial charge in [-0.2, -0.15) is 0 Å². The molecule has 0 radical (unpaired) electrons. The van der Waals surface area contributed by atoms with Crippen LogP contribution >= 0.6 is 11.8 Å². The SMILES string of the molecule is COC(=O)Cc1ccc(Cc2nc(C3CCCC3)nc3c2SCCC3)cc1. The van der Waals surface area contributed by atoms with Gasteiger partial charge in [0, 0.05) is 12.3 Å². The summed E-state index contributed by atoms with van der Waals surface area (Å²) < 4.78 is 4.75. The van der Waals surface area contributed by atoms with Gasteiger partial charge in [-0.05, 0) is 42.6 Å². The largest absolute Gasteiger partial charge is 0.469 e. The van der Waals surface area contributed by atoms with Gasteiger partial charge < -0.3 is 4.74 Å². The Bertz CT molecular complexity index is 814. The molecule has 2 aliphatic rings. The van der Waals surface area contributed by atoms with Gasteiger partial charge in [0.15, 0.2) is 0 Å². The smallest absolute Gasteiger partial charge is 0.309 e. The molecule has 1 fully saturated rings. The van der Waals surface area contributed by atoms with Crippen molar-refractivity contribution in [1.82, 2.24) is 9.97 Å². The van der Waals surface area contributed by atoms with Crippen molar-refractivity contribution in [2.24, 2.45) is 0 Å². The van der Waals surface area contributed by atoms with Crippen LogP contribution < -0.4 is 0 Å². The Labute approximate surface area is 165 Å². The van der Waals surface area contributed by atoms with Gasteiger partial charge in [0.2, 0.25) is 0 Å². The van der Waals surface area contributed by atoms with Crippen LogP contribution in [0.5, 0.6) is 0 Å². The van der Waals surface area contributed by atoms with Gasteiger partial charge in [0.1, 0.15) is 5.82 Å². The number of benzene rings is 1. The summed E-state index contributed by atoms with van der Waals surface area (Å²) in [5.41, 5.74) is 4.66. The Kier molecular flexibility index (Phi) is 5.77. The van der Waals surface area contributed by atoms with Crippen molar-refractivity contribution in [2.45, 2.75) is 62.2 Å². The number of hydrogen-bond donors (Lipinski definition) is 0. The van der Waals surface area contributed by atoms with Crippen LogP contribution in [0.25, 0.3) is 0 Å². The van der Waals surface area contributed by atoms with Crippen molar-refractivity contribution in [3.8, 4) is 0 Å². The summed E-state index contributed by atoms with van der Waals surface area (Å²) in [5, 5.41) is 0.